The van der Waals surface area contributed by atoms with Gasteiger partial charge in [0.05, 0.1) is 16.9 Å². The molecule has 0 spiro atoms. The number of hydrogen-bond acceptors (Lipinski definition) is 4. The number of aromatic nitrogens is 2. The summed E-state index contributed by atoms with van der Waals surface area (Å²) in [5.41, 5.74) is 8.06. The quantitative estimate of drug-likeness (QED) is 0.759. The number of aryl methyl sites for hydroxylation is 1. The summed E-state index contributed by atoms with van der Waals surface area (Å²) in [6.07, 6.45) is 1.76. The van der Waals surface area contributed by atoms with Gasteiger partial charge < -0.3 is 10.5 Å². The van der Waals surface area contributed by atoms with Crippen LogP contribution in [0.5, 0.6) is 11.6 Å². The van der Waals surface area contributed by atoms with Gasteiger partial charge in [-0.25, -0.2) is 4.98 Å². The summed E-state index contributed by atoms with van der Waals surface area (Å²) in [6.45, 7) is 1.85. The molecule has 3 aromatic rings. The highest BCUT2D eigenvalue weighted by Crippen LogP contribution is 2.28. The molecule has 4 heteroatoms. The predicted octanol–water partition coefficient (Wildman–Crippen LogP) is 3.31. The normalized spacial score (nSPS) is 10.6. The van der Waals surface area contributed by atoms with Gasteiger partial charge in [0, 0.05) is 17.6 Å². The number of hydrogen-bond donors (Lipinski definition) is 1. The second-order valence-corrected chi connectivity index (χ2v) is 4.25. The average molecular weight is 251 g/mol. The van der Waals surface area contributed by atoms with Crippen LogP contribution in [0.4, 0.5) is 5.69 Å². The Bertz CT molecular complexity index is 735. The molecule has 1 aromatic carbocycles. The average Bonchev–Trinajstić information content (AvgIpc) is 2.43. The van der Waals surface area contributed by atoms with E-state index in [1.54, 1.807) is 18.3 Å². The number of pyridine rings is 2. The summed E-state index contributed by atoms with van der Waals surface area (Å²) >= 11 is 0. The zero-order valence-electron chi connectivity index (χ0n) is 10.5. The molecule has 2 heterocycles. The third kappa shape index (κ3) is 2.20. The van der Waals surface area contributed by atoms with Crippen LogP contribution in [0.3, 0.4) is 0 Å². The summed E-state index contributed by atoms with van der Waals surface area (Å²) in [7, 11) is 0. The minimum Gasteiger partial charge on any atom is -0.438 e. The molecule has 0 atom stereocenters. The SMILES string of the molecule is Cc1nc(Oc2cccc3ncccc23)ccc1N. The van der Waals surface area contributed by atoms with Crippen LogP contribution in [-0.4, -0.2) is 9.97 Å². The van der Waals surface area contributed by atoms with Crippen molar-refractivity contribution < 1.29 is 4.74 Å². The van der Waals surface area contributed by atoms with Gasteiger partial charge in [-0.1, -0.05) is 6.07 Å². The first-order valence-electron chi connectivity index (χ1n) is 5.99. The van der Waals surface area contributed by atoms with Crippen LogP contribution in [-0.2, 0) is 0 Å². The van der Waals surface area contributed by atoms with Crippen LogP contribution in [0.15, 0.2) is 48.7 Å². The lowest BCUT2D eigenvalue weighted by Gasteiger charge is -2.08. The van der Waals surface area contributed by atoms with Gasteiger partial charge in [-0.05, 0) is 37.3 Å². The molecule has 0 saturated carbocycles. The standard InChI is InChI=1S/C15H13N3O/c1-10-12(16)7-8-15(18-10)19-14-6-2-5-13-11(14)4-3-9-17-13/h2-9H,16H2,1H3. The number of rotatable bonds is 2. The van der Waals surface area contributed by atoms with E-state index in [0.717, 1.165) is 22.3 Å². The van der Waals surface area contributed by atoms with Gasteiger partial charge in [0.1, 0.15) is 5.75 Å². The van der Waals surface area contributed by atoms with E-state index in [0.29, 0.717) is 11.6 Å². The smallest absolute Gasteiger partial charge is 0.219 e. The van der Waals surface area contributed by atoms with Crippen LogP contribution in [0.2, 0.25) is 0 Å². The zero-order valence-corrected chi connectivity index (χ0v) is 10.5. The first kappa shape index (κ1) is 11.5. The first-order chi connectivity index (χ1) is 9.24. The highest BCUT2D eigenvalue weighted by atomic mass is 16.5. The van der Waals surface area contributed by atoms with E-state index in [4.69, 9.17) is 10.5 Å². The fraction of sp³-hybridized carbons (Fsp3) is 0.0667. The second-order valence-electron chi connectivity index (χ2n) is 4.25. The Morgan fingerprint density at radius 2 is 1.95 bits per heavy atom. The largest absolute Gasteiger partial charge is 0.438 e. The van der Waals surface area contributed by atoms with Crippen molar-refractivity contribution in [2.24, 2.45) is 0 Å². The van der Waals surface area contributed by atoms with E-state index >= 15 is 0 Å². The molecule has 19 heavy (non-hydrogen) atoms. The van der Waals surface area contributed by atoms with Crippen molar-refractivity contribution in [1.82, 2.24) is 9.97 Å². The molecule has 2 N–H and O–H groups in total. The molecule has 0 aliphatic carbocycles. The second kappa shape index (κ2) is 4.57. The number of ether oxygens (including phenoxy) is 1. The van der Waals surface area contributed by atoms with Gasteiger partial charge in [-0.3, -0.25) is 4.98 Å². The van der Waals surface area contributed by atoms with Gasteiger partial charge in [0.15, 0.2) is 0 Å². The monoisotopic (exact) mass is 251 g/mol. The van der Waals surface area contributed by atoms with E-state index < -0.39 is 0 Å². The van der Waals surface area contributed by atoms with E-state index in [2.05, 4.69) is 9.97 Å². The molecule has 0 radical (unpaired) electrons. The van der Waals surface area contributed by atoms with Crippen LogP contribution in [0, 0.1) is 6.92 Å². The lowest BCUT2D eigenvalue weighted by Crippen LogP contribution is -1.95. The molecule has 0 fully saturated rings. The van der Waals surface area contributed by atoms with Crippen molar-refractivity contribution in [2.75, 3.05) is 5.73 Å². The maximum absolute atomic E-state index is 5.82. The van der Waals surface area contributed by atoms with Crippen molar-refractivity contribution in [3.63, 3.8) is 0 Å². The van der Waals surface area contributed by atoms with Gasteiger partial charge >= 0.3 is 0 Å². The van der Waals surface area contributed by atoms with Crippen molar-refractivity contribution in [2.45, 2.75) is 6.92 Å². The molecule has 0 bridgehead atoms. The summed E-state index contributed by atoms with van der Waals surface area (Å²) in [5, 5.41) is 0.960. The molecule has 0 amide bonds. The molecule has 0 saturated heterocycles. The van der Waals surface area contributed by atoms with Gasteiger partial charge in [0.2, 0.25) is 5.88 Å². The van der Waals surface area contributed by atoms with E-state index in [1.807, 2.05) is 37.3 Å². The third-order valence-electron chi connectivity index (χ3n) is 2.92. The van der Waals surface area contributed by atoms with E-state index in [9.17, 15) is 0 Å². The Morgan fingerprint density at radius 1 is 1.05 bits per heavy atom. The third-order valence-corrected chi connectivity index (χ3v) is 2.92. The number of anilines is 1. The molecule has 94 valence electrons. The molecule has 2 aromatic heterocycles. The number of nitrogens with zero attached hydrogens (tertiary/aromatic N) is 2. The van der Waals surface area contributed by atoms with Gasteiger partial charge in [0.25, 0.3) is 0 Å². The fourth-order valence-electron chi connectivity index (χ4n) is 1.88. The lowest BCUT2D eigenvalue weighted by molar-refractivity contribution is 0.467. The Kier molecular flexibility index (Phi) is 2.76. The van der Waals surface area contributed by atoms with Crippen molar-refractivity contribution in [3.8, 4) is 11.6 Å². The Morgan fingerprint density at radius 3 is 2.79 bits per heavy atom. The minimum absolute atomic E-state index is 0.531. The lowest BCUT2D eigenvalue weighted by atomic mass is 10.2. The Balaban J connectivity index is 2.03. The molecular weight excluding hydrogens is 238 g/mol. The van der Waals surface area contributed by atoms with Crippen LogP contribution in [0.25, 0.3) is 10.9 Å². The van der Waals surface area contributed by atoms with E-state index in [1.165, 1.54) is 0 Å². The predicted molar refractivity (Wildman–Crippen MR) is 75.2 cm³/mol. The maximum Gasteiger partial charge on any atom is 0.219 e. The van der Waals surface area contributed by atoms with Gasteiger partial charge in [-0.15, -0.1) is 0 Å². The summed E-state index contributed by atoms with van der Waals surface area (Å²) in [4.78, 5) is 8.60. The maximum atomic E-state index is 5.82. The van der Waals surface area contributed by atoms with Gasteiger partial charge in [-0.2, -0.15) is 0 Å². The number of nitrogens with two attached hydrogens (primary N) is 1. The van der Waals surface area contributed by atoms with Crippen LogP contribution >= 0.6 is 0 Å². The Hall–Kier alpha value is -2.62. The zero-order chi connectivity index (χ0) is 13.2. The molecule has 0 aliphatic heterocycles. The van der Waals surface area contributed by atoms with Crippen molar-refractivity contribution >= 4 is 16.6 Å². The van der Waals surface area contributed by atoms with E-state index in [-0.39, 0.29) is 0 Å². The fourth-order valence-corrected chi connectivity index (χ4v) is 1.88. The summed E-state index contributed by atoms with van der Waals surface area (Å²) in [6, 6.07) is 13.2. The molecule has 0 unspecified atom stereocenters. The molecule has 0 aliphatic rings. The minimum atomic E-state index is 0.531. The van der Waals surface area contributed by atoms with Crippen molar-refractivity contribution in [1.29, 1.82) is 0 Å². The molecule has 3 rings (SSSR count). The Labute approximate surface area is 110 Å². The molecular formula is C15H13N3O. The summed E-state index contributed by atoms with van der Waals surface area (Å²) in [5.74, 6) is 1.27. The van der Waals surface area contributed by atoms with Crippen LogP contribution in [0.1, 0.15) is 5.69 Å². The first-order valence-corrected chi connectivity index (χ1v) is 5.99. The number of fused-ring (bicyclic) bond motifs is 1. The number of benzene rings is 1. The van der Waals surface area contributed by atoms with Crippen molar-refractivity contribution in [3.05, 3.63) is 54.4 Å². The highest BCUT2D eigenvalue weighted by molar-refractivity contribution is 5.85. The molecule has 4 nitrogen and oxygen atoms in total. The highest BCUT2D eigenvalue weighted by Gasteiger charge is 2.05. The summed E-state index contributed by atoms with van der Waals surface area (Å²) < 4.78 is 5.82. The number of nitrogen functional groups attached to an aromatic ring is 1. The topological polar surface area (TPSA) is 61.0 Å². The van der Waals surface area contributed by atoms with Crippen LogP contribution < -0.4 is 10.5 Å².